The number of rotatable bonds is 6. The van der Waals surface area contributed by atoms with Crippen molar-refractivity contribution in [2.24, 2.45) is 11.8 Å². The lowest BCUT2D eigenvalue weighted by Gasteiger charge is -2.30. The van der Waals surface area contributed by atoms with Crippen LogP contribution in [0.25, 0.3) is 0 Å². The first-order chi connectivity index (χ1) is 9.69. The van der Waals surface area contributed by atoms with E-state index in [-0.39, 0.29) is 12.1 Å². The molecule has 1 rings (SSSR count). The van der Waals surface area contributed by atoms with Gasteiger partial charge in [-0.15, -0.1) is 0 Å². The molecule has 0 aromatic carbocycles. The van der Waals surface area contributed by atoms with Crippen LogP contribution in [-0.4, -0.2) is 30.3 Å². The van der Waals surface area contributed by atoms with Crippen LogP contribution in [0.4, 0.5) is 4.79 Å². The van der Waals surface area contributed by atoms with E-state index in [9.17, 15) is 4.79 Å². The first-order valence-electron chi connectivity index (χ1n) is 8.42. The molecule has 1 aliphatic carbocycles. The van der Waals surface area contributed by atoms with Gasteiger partial charge in [-0.25, -0.2) is 4.79 Å². The van der Waals surface area contributed by atoms with Crippen LogP contribution in [0.5, 0.6) is 0 Å². The van der Waals surface area contributed by atoms with Gasteiger partial charge in [0.15, 0.2) is 0 Å². The van der Waals surface area contributed by atoms with Crippen LogP contribution in [0.1, 0.15) is 67.2 Å². The maximum absolute atomic E-state index is 11.8. The number of carbonyl (C=O) groups is 1. The molecule has 1 fully saturated rings. The van der Waals surface area contributed by atoms with Gasteiger partial charge in [-0.1, -0.05) is 26.7 Å². The number of amides is 1. The van der Waals surface area contributed by atoms with E-state index in [1.54, 1.807) is 0 Å². The molecule has 2 N–H and O–H groups in total. The Kier molecular flexibility index (Phi) is 6.98. The Morgan fingerprint density at radius 1 is 1.19 bits per heavy atom. The van der Waals surface area contributed by atoms with Gasteiger partial charge in [0.2, 0.25) is 0 Å². The average Bonchev–Trinajstić information content (AvgIpc) is 2.85. The normalized spacial score (nSPS) is 19.6. The molecule has 0 saturated heterocycles. The molecule has 21 heavy (non-hydrogen) atoms. The van der Waals surface area contributed by atoms with E-state index in [0.717, 1.165) is 5.92 Å². The highest BCUT2D eigenvalue weighted by atomic mass is 16.6. The fourth-order valence-electron chi connectivity index (χ4n) is 2.93. The highest BCUT2D eigenvalue weighted by Crippen LogP contribution is 2.28. The van der Waals surface area contributed by atoms with Crippen molar-refractivity contribution in [1.29, 1.82) is 0 Å². The molecule has 0 radical (unpaired) electrons. The van der Waals surface area contributed by atoms with Crippen LogP contribution in [-0.2, 0) is 4.74 Å². The summed E-state index contributed by atoms with van der Waals surface area (Å²) >= 11 is 0. The molecule has 1 saturated carbocycles. The summed E-state index contributed by atoms with van der Waals surface area (Å²) < 4.78 is 5.29. The summed E-state index contributed by atoms with van der Waals surface area (Å²) in [5, 5.41) is 6.60. The zero-order valence-corrected chi connectivity index (χ0v) is 14.7. The van der Waals surface area contributed by atoms with Crippen molar-refractivity contribution >= 4 is 6.09 Å². The van der Waals surface area contributed by atoms with Crippen molar-refractivity contribution in [1.82, 2.24) is 10.6 Å². The lowest BCUT2D eigenvalue weighted by molar-refractivity contribution is 0.0517. The zero-order chi connectivity index (χ0) is 16.0. The van der Waals surface area contributed by atoms with Crippen molar-refractivity contribution < 1.29 is 9.53 Å². The second-order valence-electron chi connectivity index (χ2n) is 7.73. The van der Waals surface area contributed by atoms with Crippen LogP contribution >= 0.6 is 0 Å². The number of hydrogen-bond donors (Lipinski definition) is 2. The van der Waals surface area contributed by atoms with Gasteiger partial charge in [0.25, 0.3) is 0 Å². The summed E-state index contributed by atoms with van der Waals surface area (Å²) in [6.45, 7) is 12.9. The van der Waals surface area contributed by atoms with Crippen molar-refractivity contribution in [2.75, 3.05) is 6.54 Å². The molecule has 1 amide bonds. The summed E-state index contributed by atoms with van der Waals surface area (Å²) in [6, 6.07) is 0.799. The lowest BCUT2D eigenvalue weighted by Crippen LogP contribution is -2.49. The van der Waals surface area contributed by atoms with Gasteiger partial charge in [0.05, 0.1) is 0 Å². The van der Waals surface area contributed by atoms with E-state index in [4.69, 9.17) is 4.74 Å². The molecule has 4 nitrogen and oxygen atoms in total. The molecule has 2 atom stereocenters. The molecule has 2 unspecified atom stereocenters. The third-order valence-corrected chi connectivity index (χ3v) is 4.25. The van der Waals surface area contributed by atoms with Crippen LogP contribution in [0.15, 0.2) is 0 Å². The highest BCUT2D eigenvalue weighted by molar-refractivity contribution is 5.67. The first kappa shape index (κ1) is 18.3. The van der Waals surface area contributed by atoms with Gasteiger partial charge >= 0.3 is 6.09 Å². The van der Waals surface area contributed by atoms with Gasteiger partial charge < -0.3 is 15.4 Å². The number of alkyl carbamates (subject to hydrolysis) is 1. The number of hydrogen-bond acceptors (Lipinski definition) is 3. The van der Waals surface area contributed by atoms with E-state index in [1.807, 2.05) is 20.8 Å². The summed E-state index contributed by atoms with van der Waals surface area (Å²) in [5.74, 6) is 1.26. The summed E-state index contributed by atoms with van der Waals surface area (Å²) in [4.78, 5) is 11.8. The Balaban J connectivity index is 2.40. The van der Waals surface area contributed by atoms with Crippen molar-refractivity contribution in [3.05, 3.63) is 0 Å². The second-order valence-corrected chi connectivity index (χ2v) is 7.73. The topological polar surface area (TPSA) is 50.4 Å². The van der Waals surface area contributed by atoms with Crippen LogP contribution < -0.4 is 10.6 Å². The Bertz CT molecular complexity index is 317. The molecule has 124 valence electrons. The monoisotopic (exact) mass is 298 g/mol. The Hall–Kier alpha value is -0.770. The quantitative estimate of drug-likeness (QED) is 0.786. The van der Waals surface area contributed by atoms with E-state index in [0.29, 0.717) is 18.5 Å². The standard InChI is InChI=1S/C17H34N2O2/c1-12(2)15(11-18-16(20)21-17(4,5)6)19-13(3)14-9-7-8-10-14/h12-15,19H,7-11H2,1-6H3,(H,18,20). The van der Waals surface area contributed by atoms with Gasteiger partial charge in [0, 0.05) is 18.6 Å². The number of nitrogens with one attached hydrogen (secondary N) is 2. The van der Waals surface area contributed by atoms with Crippen molar-refractivity contribution in [2.45, 2.75) is 84.9 Å². The van der Waals surface area contributed by atoms with E-state index >= 15 is 0 Å². The third-order valence-electron chi connectivity index (χ3n) is 4.25. The predicted molar refractivity (Wildman–Crippen MR) is 87.4 cm³/mol. The van der Waals surface area contributed by atoms with Crippen LogP contribution in [0, 0.1) is 11.8 Å². The van der Waals surface area contributed by atoms with Crippen LogP contribution in [0.3, 0.4) is 0 Å². The molecule has 1 aliphatic rings. The molecular formula is C17H34N2O2. The highest BCUT2D eigenvalue weighted by Gasteiger charge is 2.25. The third kappa shape index (κ3) is 7.16. The van der Waals surface area contributed by atoms with E-state index in [1.165, 1.54) is 25.7 Å². The summed E-state index contributed by atoms with van der Waals surface area (Å²) in [6.07, 6.45) is 5.05. The largest absolute Gasteiger partial charge is 0.444 e. The second kappa shape index (κ2) is 8.02. The van der Waals surface area contributed by atoms with Crippen molar-refractivity contribution in [3.63, 3.8) is 0 Å². The lowest BCUT2D eigenvalue weighted by atomic mass is 9.96. The average molecular weight is 298 g/mol. The Morgan fingerprint density at radius 2 is 1.76 bits per heavy atom. The number of carbonyl (C=O) groups excluding carboxylic acids is 1. The molecule has 4 heteroatoms. The molecule has 0 aromatic heterocycles. The van der Waals surface area contributed by atoms with Gasteiger partial charge in [0.1, 0.15) is 5.60 Å². The summed E-state index contributed by atoms with van der Waals surface area (Å²) in [7, 11) is 0. The predicted octanol–water partition coefficient (Wildman–Crippen LogP) is 3.70. The van der Waals surface area contributed by atoms with Gasteiger partial charge in [-0.3, -0.25) is 0 Å². The van der Waals surface area contributed by atoms with E-state index < -0.39 is 5.60 Å². The Labute approximate surface area is 130 Å². The van der Waals surface area contributed by atoms with Gasteiger partial charge in [-0.2, -0.15) is 0 Å². The molecular weight excluding hydrogens is 264 g/mol. The fourth-order valence-corrected chi connectivity index (χ4v) is 2.93. The minimum Gasteiger partial charge on any atom is -0.444 e. The smallest absolute Gasteiger partial charge is 0.407 e. The maximum Gasteiger partial charge on any atom is 0.407 e. The number of ether oxygens (including phenoxy) is 1. The molecule has 0 bridgehead atoms. The molecule has 0 spiro atoms. The maximum atomic E-state index is 11.8. The first-order valence-corrected chi connectivity index (χ1v) is 8.42. The van der Waals surface area contributed by atoms with Crippen molar-refractivity contribution in [3.8, 4) is 0 Å². The molecule has 0 aliphatic heterocycles. The van der Waals surface area contributed by atoms with E-state index in [2.05, 4.69) is 31.4 Å². The molecule has 0 aromatic rings. The fraction of sp³-hybridized carbons (Fsp3) is 0.941. The SMILES string of the molecule is CC(C)C(CNC(=O)OC(C)(C)C)NC(C)C1CCCC1. The zero-order valence-electron chi connectivity index (χ0n) is 14.7. The minimum atomic E-state index is -0.442. The van der Waals surface area contributed by atoms with Crippen LogP contribution in [0.2, 0.25) is 0 Å². The minimum absolute atomic E-state index is 0.285. The summed E-state index contributed by atoms with van der Waals surface area (Å²) in [5.41, 5.74) is -0.442. The Morgan fingerprint density at radius 3 is 2.24 bits per heavy atom. The van der Waals surface area contributed by atoms with Gasteiger partial charge in [-0.05, 0) is 52.4 Å². The molecule has 0 heterocycles.